The van der Waals surface area contributed by atoms with Crippen LogP contribution in [0.2, 0.25) is 0 Å². The number of nitrogens with zero attached hydrogens (tertiary/aromatic N) is 5. The van der Waals surface area contributed by atoms with E-state index in [1.807, 2.05) is 72.9 Å². The van der Waals surface area contributed by atoms with Gasteiger partial charge in [0.05, 0.1) is 5.52 Å². The van der Waals surface area contributed by atoms with Gasteiger partial charge in [0.2, 0.25) is 0 Å². The molecule has 1 aliphatic carbocycles. The summed E-state index contributed by atoms with van der Waals surface area (Å²) in [4.78, 5) is 19.7. The summed E-state index contributed by atoms with van der Waals surface area (Å²) in [7, 11) is 0. The third-order valence-electron chi connectivity index (χ3n) is 9.31. The molecule has 5 aromatic carbocycles. The van der Waals surface area contributed by atoms with Gasteiger partial charge in [0.25, 0.3) is 0 Å². The van der Waals surface area contributed by atoms with Crippen molar-refractivity contribution in [1.82, 2.24) is 24.5 Å². The van der Waals surface area contributed by atoms with Gasteiger partial charge in [-0.1, -0.05) is 111 Å². The van der Waals surface area contributed by atoms with Crippen LogP contribution in [0.5, 0.6) is 0 Å². The Balaban J connectivity index is 1.20. The van der Waals surface area contributed by atoms with E-state index in [2.05, 4.69) is 85.1 Å². The fourth-order valence-corrected chi connectivity index (χ4v) is 7.01. The number of fused-ring (bicyclic) bond motifs is 6. The topological polar surface area (TPSA) is 56.5 Å². The molecule has 0 radical (unpaired) electrons. The predicted molar refractivity (Wildman–Crippen MR) is 186 cm³/mol. The molecule has 0 unspecified atom stereocenters. The standard InChI is InChI=1S/C41H29N5/c1-41(2)34-22-19-28(39-44-37(26-12-5-3-6-13-26)43-38(45-39)27-14-7-4-8-15-27)24-33(34)30-21-20-29(25-35(30)41)46-36-18-10-9-16-31(36)32-17-11-23-42-40(32)46/h3-25H,1-2H3. The van der Waals surface area contributed by atoms with Crippen LogP contribution in [0.4, 0.5) is 0 Å². The average molecular weight is 592 g/mol. The van der Waals surface area contributed by atoms with Crippen LogP contribution < -0.4 is 0 Å². The number of benzene rings is 5. The Morgan fingerprint density at radius 2 is 1.13 bits per heavy atom. The maximum atomic E-state index is 4.99. The third kappa shape index (κ3) is 4.02. The van der Waals surface area contributed by atoms with E-state index in [0.29, 0.717) is 17.5 Å². The molecule has 3 aromatic heterocycles. The van der Waals surface area contributed by atoms with Crippen molar-refractivity contribution in [2.75, 3.05) is 0 Å². The molecule has 46 heavy (non-hydrogen) atoms. The van der Waals surface area contributed by atoms with E-state index < -0.39 is 0 Å². The number of pyridine rings is 1. The predicted octanol–water partition coefficient (Wildman–Crippen LogP) is 9.67. The van der Waals surface area contributed by atoms with Gasteiger partial charge in [0, 0.05) is 44.8 Å². The summed E-state index contributed by atoms with van der Waals surface area (Å²) in [5.74, 6) is 1.99. The van der Waals surface area contributed by atoms with Gasteiger partial charge in [0.15, 0.2) is 17.5 Å². The van der Waals surface area contributed by atoms with Crippen LogP contribution in [0, 0.1) is 0 Å². The second kappa shape index (κ2) is 10.0. The molecule has 0 bridgehead atoms. The molecular weight excluding hydrogens is 562 g/mol. The summed E-state index contributed by atoms with van der Waals surface area (Å²) in [6, 6.07) is 46.4. The Morgan fingerprint density at radius 1 is 0.500 bits per heavy atom. The maximum absolute atomic E-state index is 4.99. The molecule has 8 aromatic rings. The van der Waals surface area contributed by atoms with Crippen molar-refractivity contribution in [2.45, 2.75) is 19.3 Å². The first kappa shape index (κ1) is 26.5. The first-order chi connectivity index (χ1) is 22.6. The number of aromatic nitrogens is 5. The highest BCUT2D eigenvalue weighted by Crippen LogP contribution is 2.50. The summed E-state index contributed by atoms with van der Waals surface area (Å²) >= 11 is 0. The van der Waals surface area contributed by atoms with Crippen molar-refractivity contribution in [3.63, 3.8) is 0 Å². The average Bonchev–Trinajstić information content (AvgIpc) is 3.57. The molecule has 1 aliphatic rings. The largest absolute Gasteiger partial charge is 0.294 e. The monoisotopic (exact) mass is 591 g/mol. The number of para-hydroxylation sites is 1. The molecule has 5 heteroatoms. The molecule has 3 heterocycles. The highest BCUT2D eigenvalue weighted by atomic mass is 15.0. The molecule has 0 spiro atoms. The molecule has 218 valence electrons. The van der Waals surface area contributed by atoms with Crippen LogP contribution in [0.15, 0.2) is 140 Å². The highest BCUT2D eigenvalue weighted by molar-refractivity contribution is 6.07. The first-order valence-corrected chi connectivity index (χ1v) is 15.6. The lowest BCUT2D eigenvalue weighted by atomic mass is 9.82. The minimum atomic E-state index is -0.186. The zero-order valence-corrected chi connectivity index (χ0v) is 25.5. The molecule has 0 aliphatic heterocycles. The Hall–Kier alpha value is -5.94. The van der Waals surface area contributed by atoms with E-state index in [9.17, 15) is 0 Å². The van der Waals surface area contributed by atoms with Gasteiger partial charge < -0.3 is 0 Å². The van der Waals surface area contributed by atoms with Crippen molar-refractivity contribution in [1.29, 1.82) is 0 Å². The van der Waals surface area contributed by atoms with Gasteiger partial charge in [-0.05, 0) is 58.7 Å². The maximum Gasteiger partial charge on any atom is 0.164 e. The third-order valence-corrected chi connectivity index (χ3v) is 9.31. The molecule has 0 atom stereocenters. The van der Waals surface area contributed by atoms with E-state index in [4.69, 9.17) is 19.9 Å². The second-order valence-electron chi connectivity index (χ2n) is 12.4. The van der Waals surface area contributed by atoms with Crippen molar-refractivity contribution in [3.8, 4) is 51.0 Å². The summed E-state index contributed by atoms with van der Waals surface area (Å²) in [6.07, 6.45) is 1.87. The molecular formula is C41H29N5. The molecule has 0 saturated carbocycles. The smallest absolute Gasteiger partial charge is 0.164 e. The van der Waals surface area contributed by atoms with Gasteiger partial charge in [0.1, 0.15) is 5.65 Å². The second-order valence-corrected chi connectivity index (χ2v) is 12.4. The summed E-state index contributed by atoms with van der Waals surface area (Å²) in [5, 5.41) is 2.37. The van der Waals surface area contributed by atoms with E-state index >= 15 is 0 Å². The molecule has 9 rings (SSSR count). The van der Waals surface area contributed by atoms with Crippen LogP contribution in [0.25, 0.3) is 72.9 Å². The van der Waals surface area contributed by atoms with Gasteiger partial charge >= 0.3 is 0 Å². The highest BCUT2D eigenvalue weighted by Gasteiger charge is 2.36. The van der Waals surface area contributed by atoms with Gasteiger partial charge in [-0.25, -0.2) is 19.9 Å². The van der Waals surface area contributed by atoms with Crippen molar-refractivity contribution in [3.05, 3.63) is 151 Å². The van der Waals surface area contributed by atoms with Gasteiger partial charge in [-0.15, -0.1) is 0 Å². The quantitative estimate of drug-likeness (QED) is 0.204. The van der Waals surface area contributed by atoms with Crippen LogP contribution in [0.3, 0.4) is 0 Å². The van der Waals surface area contributed by atoms with Crippen LogP contribution in [-0.2, 0) is 5.41 Å². The number of hydrogen-bond acceptors (Lipinski definition) is 4. The summed E-state index contributed by atoms with van der Waals surface area (Å²) in [5.41, 5.74) is 11.0. The molecule has 0 saturated heterocycles. The minimum Gasteiger partial charge on any atom is -0.294 e. The van der Waals surface area contributed by atoms with Crippen LogP contribution in [-0.4, -0.2) is 24.5 Å². The van der Waals surface area contributed by atoms with E-state index in [0.717, 1.165) is 38.9 Å². The van der Waals surface area contributed by atoms with Crippen LogP contribution in [0.1, 0.15) is 25.0 Å². The Bertz CT molecular complexity index is 2330. The first-order valence-electron chi connectivity index (χ1n) is 15.6. The van der Waals surface area contributed by atoms with Crippen molar-refractivity contribution < 1.29 is 0 Å². The summed E-state index contributed by atoms with van der Waals surface area (Å²) < 4.78 is 2.29. The number of hydrogen-bond donors (Lipinski definition) is 0. The Morgan fingerprint density at radius 3 is 1.85 bits per heavy atom. The van der Waals surface area contributed by atoms with Gasteiger partial charge in [-0.2, -0.15) is 0 Å². The van der Waals surface area contributed by atoms with Gasteiger partial charge in [-0.3, -0.25) is 4.57 Å². The fraction of sp³-hybridized carbons (Fsp3) is 0.0732. The minimum absolute atomic E-state index is 0.186. The van der Waals surface area contributed by atoms with Crippen LogP contribution >= 0.6 is 0 Å². The van der Waals surface area contributed by atoms with E-state index in [1.54, 1.807) is 0 Å². The van der Waals surface area contributed by atoms with E-state index in [-0.39, 0.29) is 5.41 Å². The lowest BCUT2D eigenvalue weighted by molar-refractivity contribution is 0.660. The Labute approximate surface area is 266 Å². The lowest BCUT2D eigenvalue weighted by Gasteiger charge is -2.22. The SMILES string of the molecule is CC1(C)c2ccc(-c3nc(-c4ccccc4)nc(-c4ccccc4)n3)cc2-c2ccc(-n3c4ccccc4c4cccnc43)cc21. The molecule has 0 amide bonds. The number of rotatable bonds is 4. The normalized spacial score (nSPS) is 13.2. The fourth-order valence-electron chi connectivity index (χ4n) is 7.01. The summed E-state index contributed by atoms with van der Waals surface area (Å²) in [6.45, 7) is 4.63. The molecule has 0 N–H and O–H groups in total. The zero-order valence-electron chi connectivity index (χ0n) is 25.5. The molecule has 0 fully saturated rings. The Kier molecular flexibility index (Phi) is 5.78. The van der Waals surface area contributed by atoms with Crippen molar-refractivity contribution in [2.24, 2.45) is 0 Å². The zero-order chi connectivity index (χ0) is 30.8. The molecule has 5 nitrogen and oxygen atoms in total. The lowest BCUT2D eigenvalue weighted by Crippen LogP contribution is -2.15. The van der Waals surface area contributed by atoms with Crippen molar-refractivity contribution >= 4 is 21.9 Å². The van der Waals surface area contributed by atoms with E-state index in [1.165, 1.54) is 27.6 Å².